The van der Waals surface area contributed by atoms with Crippen LogP contribution in [-0.4, -0.2) is 38.1 Å². The van der Waals surface area contributed by atoms with Gasteiger partial charge in [-0.2, -0.15) is 4.52 Å². The maximum absolute atomic E-state index is 4.72. The molecule has 132 valence electrons. The normalized spacial score (nSPS) is 11.2. The first-order valence-electron chi connectivity index (χ1n) is 8.80. The minimum atomic E-state index is 0.607. The molecule has 4 rings (SSSR count). The summed E-state index contributed by atoms with van der Waals surface area (Å²) in [4.78, 5) is 7.04. The van der Waals surface area contributed by atoms with E-state index in [4.69, 9.17) is 4.98 Å². The summed E-state index contributed by atoms with van der Waals surface area (Å²) in [6.45, 7) is 8.40. The van der Waals surface area contributed by atoms with Gasteiger partial charge in [-0.3, -0.25) is 0 Å². The van der Waals surface area contributed by atoms with E-state index in [1.54, 1.807) is 4.52 Å². The van der Waals surface area contributed by atoms with Crippen LogP contribution in [0.3, 0.4) is 0 Å². The van der Waals surface area contributed by atoms with E-state index >= 15 is 0 Å². The Morgan fingerprint density at radius 2 is 1.88 bits per heavy atom. The Bertz CT molecular complexity index is 1070. The first kappa shape index (κ1) is 16.3. The molecule has 0 aliphatic heterocycles. The number of nitrogens with zero attached hydrogens (tertiary/aromatic N) is 6. The van der Waals surface area contributed by atoms with Crippen molar-refractivity contribution in [3.8, 4) is 0 Å². The Morgan fingerprint density at radius 3 is 2.65 bits per heavy atom. The summed E-state index contributed by atoms with van der Waals surface area (Å²) in [5.74, 6) is 0.646. The summed E-state index contributed by atoms with van der Waals surface area (Å²) in [6, 6.07) is 14.2. The van der Waals surface area contributed by atoms with Gasteiger partial charge in [-0.1, -0.05) is 12.1 Å². The Labute approximate surface area is 151 Å². The van der Waals surface area contributed by atoms with Gasteiger partial charge in [0.2, 0.25) is 5.65 Å². The van der Waals surface area contributed by atoms with Gasteiger partial charge in [-0.15, -0.1) is 5.10 Å². The Hall–Kier alpha value is -3.22. The van der Waals surface area contributed by atoms with Crippen molar-refractivity contribution in [3.05, 3.63) is 48.0 Å². The van der Waals surface area contributed by atoms with Crippen LogP contribution >= 0.6 is 0 Å². The number of fused-ring (bicyclic) bond motifs is 3. The Balaban J connectivity index is 1.76. The van der Waals surface area contributed by atoms with Crippen LogP contribution < -0.4 is 10.2 Å². The van der Waals surface area contributed by atoms with Gasteiger partial charge in [0.15, 0.2) is 5.82 Å². The van der Waals surface area contributed by atoms with Gasteiger partial charge in [0.1, 0.15) is 0 Å². The van der Waals surface area contributed by atoms with Gasteiger partial charge in [-0.25, -0.2) is 4.98 Å². The molecule has 1 N–H and O–H groups in total. The number of hydrogen-bond donors (Lipinski definition) is 1. The van der Waals surface area contributed by atoms with E-state index < -0.39 is 0 Å². The average Bonchev–Trinajstić information content (AvgIpc) is 3.15. The van der Waals surface area contributed by atoms with Crippen molar-refractivity contribution in [1.29, 1.82) is 0 Å². The van der Waals surface area contributed by atoms with Crippen LogP contribution in [0.25, 0.3) is 16.7 Å². The molecule has 0 fully saturated rings. The highest BCUT2D eigenvalue weighted by molar-refractivity contribution is 5.84. The van der Waals surface area contributed by atoms with Gasteiger partial charge in [0, 0.05) is 24.5 Å². The molecule has 7 heteroatoms. The fourth-order valence-corrected chi connectivity index (χ4v) is 3.19. The molecule has 0 spiro atoms. The highest BCUT2D eigenvalue weighted by Crippen LogP contribution is 2.27. The number of rotatable bonds is 5. The maximum atomic E-state index is 4.72. The molecule has 2 heterocycles. The van der Waals surface area contributed by atoms with Crippen LogP contribution in [0.4, 0.5) is 17.2 Å². The van der Waals surface area contributed by atoms with Crippen LogP contribution in [0.5, 0.6) is 0 Å². The van der Waals surface area contributed by atoms with E-state index in [0.29, 0.717) is 11.5 Å². The monoisotopic (exact) mass is 347 g/mol. The van der Waals surface area contributed by atoms with E-state index in [2.05, 4.69) is 64.7 Å². The molecule has 0 aliphatic rings. The third-order valence-corrected chi connectivity index (χ3v) is 4.62. The fraction of sp³-hybridized carbons (Fsp3) is 0.263. The van der Waals surface area contributed by atoms with Gasteiger partial charge in [0.25, 0.3) is 0 Å². The number of benzene rings is 2. The molecule has 0 saturated carbocycles. The van der Waals surface area contributed by atoms with Gasteiger partial charge in [0.05, 0.1) is 11.0 Å². The van der Waals surface area contributed by atoms with Crippen molar-refractivity contribution in [3.63, 3.8) is 0 Å². The minimum Gasteiger partial charge on any atom is -0.372 e. The molecule has 0 radical (unpaired) electrons. The first-order valence-corrected chi connectivity index (χ1v) is 8.80. The zero-order valence-electron chi connectivity index (χ0n) is 15.1. The number of tetrazole rings is 1. The SMILES string of the molecule is CCN(CC)c1ccc(Nc2nc3ccccc3n3nnnc23)c(C)c1. The van der Waals surface area contributed by atoms with Crippen molar-refractivity contribution in [2.75, 3.05) is 23.3 Å². The zero-order valence-corrected chi connectivity index (χ0v) is 15.1. The maximum Gasteiger partial charge on any atom is 0.222 e. The summed E-state index contributed by atoms with van der Waals surface area (Å²) < 4.78 is 1.71. The molecule has 7 nitrogen and oxygen atoms in total. The van der Waals surface area contributed by atoms with Crippen molar-refractivity contribution in [2.24, 2.45) is 0 Å². The van der Waals surface area contributed by atoms with Gasteiger partial charge in [-0.05, 0) is 67.1 Å². The van der Waals surface area contributed by atoms with E-state index in [9.17, 15) is 0 Å². The van der Waals surface area contributed by atoms with Crippen LogP contribution in [0.15, 0.2) is 42.5 Å². The van der Waals surface area contributed by atoms with Gasteiger partial charge >= 0.3 is 0 Å². The van der Waals surface area contributed by atoms with E-state index in [-0.39, 0.29) is 0 Å². The number of para-hydroxylation sites is 2. The third kappa shape index (κ3) is 2.71. The molecule has 4 aromatic rings. The summed E-state index contributed by atoms with van der Waals surface area (Å²) >= 11 is 0. The van der Waals surface area contributed by atoms with Crippen molar-refractivity contribution in [2.45, 2.75) is 20.8 Å². The Morgan fingerprint density at radius 1 is 1.08 bits per heavy atom. The van der Waals surface area contributed by atoms with E-state index in [1.165, 1.54) is 5.69 Å². The number of nitrogens with one attached hydrogen (secondary N) is 1. The molecule has 26 heavy (non-hydrogen) atoms. The second-order valence-corrected chi connectivity index (χ2v) is 6.16. The molecule has 2 aromatic carbocycles. The van der Waals surface area contributed by atoms with Crippen LogP contribution in [0, 0.1) is 6.92 Å². The minimum absolute atomic E-state index is 0.607. The van der Waals surface area contributed by atoms with Crippen LogP contribution in [0.1, 0.15) is 19.4 Å². The van der Waals surface area contributed by atoms with Gasteiger partial charge < -0.3 is 10.2 Å². The fourth-order valence-electron chi connectivity index (χ4n) is 3.19. The largest absolute Gasteiger partial charge is 0.372 e. The first-order chi connectivity index (χ1) is 12.7. The lowest BCUT2D eigenvalue weighted by Crippen LogP contribution is -2.21. The molecule has 0 unspecified atom stereocenters. The lowest BCUT2D eigenvalue weighted by atomic mass is 10.1. The van der Waals surface area contributed by atoms with E-state index in [1.807, 2.05) is 24.3 Å². The second-order valence-electron chi connectivity index (χ2n) is 6.16. The smallest absolute Gasteiger partial charge is 0.222 e. The zero-order chi connectivity index (χ0) is 18.1. The average molecular weight is 347 g/mol. The summed E-state index contributed by atoms with van der Waals surface area (Å²) in [5, 5.41) is 15.5. The topological polar surface area (TPSA) is 71.2 Å². The second kappa shape index (κ2) is 6.59. The number of aromatic nitrogens is 5. The summed E-state index contributed by atoms with van der Waals surface area (Å²) in [7, 11) is 0. The van der Waals surface area contributed by atoms with Crippen LogP contribution in [-0.2, 0) is 0 Å². The quantitative estimate of drug-likeness (QED) is 0.595. The summed E-state index contributed by atoms with van der Waals surface area (Å²) in [6.07, 6.45) is 0. The molecule has 0 saturated heterocycles. The molecule has 0 atom stereocenters. The van der Waals surface area contributed by atoms with Crippen molar-refractivity contribution >= 4 is 33.9 Å². The standard InChI is InChI=1S/C19H21N7/c1-4-25(5-2)14-10-11-15(13(3)12-14)20-18-19-22-23-24-26(19)17-9-7-6-8-16(17)21-18/h6-12H,4-5H2,1-3H3,(H,20,21). The molecule has 0 aliphatic carbocycles. The number of hydrogen-bond acceptors (Lipinski definition) is 6. The Kier molecular flexibility index (Phi) is 4.12. The number of aryl methyl sites for hydroxylation is 1. The number of anilines is 3. The highest BCUT2D eigenvalue weighted by atomic mass is 15.5. The van der Waals surface area contributed by atoms with Crippen molar-refractivity contribution < 1.29 is 0 Å². The predicted molar refractivity (Wildman–Crippen MR) is 104 cm³/mol. The molecule has 0 amide bonds. The highest BCUT2D eigenvalue weighted by Gasteiger charge is 2.13. The van der Waals surface area contributed by atoms with Crippen molar-refractivity contribution in [1.82, 2.24) is 25.0 Å². The molecular formula is C19H21N7. The molecule has 0 bridgehead atoms. The predicted octanol–water partition coefficient (Wildman–Crippen LogP) is 3.57. The summed E-state index contributed by atoms with van der Waals surface area (Å²) in [5.41, 5.74) is 5.69. The van der Waals surface area contributed by atoms with E-state index in [0.717, 1.165) is 35.4 Å². The lowest BCUT2D eigenvalue weighted by Gasteiger charge is -2.22. The van der Waals surface area contributed by atoms with Crippen LogP contribution in [0.2, 0.25) is 0 Å². The molecule has 2 aromatic heterocycles. The third-order valence-electron chi connectivity index (χ3n) is 4.62. The lowest BCUT2D eigenvalue weighted by molar-refractivity contribution is 0.841. The molecular weight excluding hydrogens is 326 g/mol.